The smallest absolute Gasteiger partial charge is 0.211 e. The molecule has 0 fully saturated rings. The van der Waals surface area contributed by atoms with Crippen molar-refractivity contribution in [1.29, 1.82) is 0 Å². The second-order valence-corrected chi connectivity index (χ2v) is 1.95. The highest BCUT2D eigenvalue weighted by Gasteiger charge is 1.92. The van der Waals surface area contributed by atoms with Gasteiger partial charge in [-0.2, -0.15) is 0 Å². The van der Waals surface area contributed by atoms with Gasteiger partial charge in [-0.25, -0.2) is 14.2 Å². The SMILES string of the molecule is O=C=NCc1cc[c]c(F)c1. The normalized spacial score (nSPS) is 8.82. The Labute approximate surface area is 63.4 Å². The van der Waals surface area contributed by atoms with Crippen LogP contribution in [0, 0.1) is 11.9 Å². The first-order chi connectivity index (χ1) is 5.33. The molecule has 0 aliphatic carbocycles. The third-order valence-electron chi connectivity index (χ3n) is 1.16. The molecule has 0 bridgehead atoms. The van der Waals surface area contributed by atoms with E-state index in [0.717, 1.165) is 0 Å². The van der Waals surface area contributed by atoms with Gasteiger partial charge in [0.2, 0.25) is 6.08 Å². The van der Waals surface area contributed by atoms with Gasteiger partial charge in [0.15, 0.2) is 0 Å². The lowest BCUT2D eigenvalue weighted by molar-refractivity contribution is 0.562. The maximum Gasteiger partial charge on any atom is 0.235 e. The van der Waals surface area contributed by atoms with Crippen LogP contribution in [0.5, 0.6) is 0 Å². The largest absolute Gasteiger partial charge is 0.235 e. The summed E-state index contributed by atoms with van der Waals surface area (Å²) in [5, 5.41) is 0. The van der Waals surface area contributed by atoms with Crippen molar-refractivity contribution >= 4 is 6.08 Å². The lowest BCUT2D eigenvalue weighted by Gasteiger charge is -1.92. The molecular weight excluding hydrogens is 145 g/mol. The molecule has 0 N–H and O–H groups in total. The van der Waals surface area contributed by atoms with Gasteiger partial charge in [-0.15, -0.1) is 0 Å². The average molecular weight is 150 g/mol. The second-order valence-electron chi connectivity index (χ2n) is 1.95. The molecule has 0 saturated carbocycles. The van der Waals surface area contributed by atoms with E-state index in [9.17, 15) is 9.18 Å². The van der Waals surface area contributed by atoms with E-state index in [1.807, 2.05) is 0 Å². The van der Waals surface area contributed by atoms with Gasteiger partial charge in [-0.1, -0.05) is 12.1 Å². The molecule has 55 valence electrons. The standard InChI is InChI=1S/C8H5FNO/c9-8-3-1-2-7(4-8)5-10-6-11/h1-2,4H,5H2. The number of nitrogens with zero attached hydrogens (tertiary/aromatic N) is 1. The van der Waals surface area contributed by atoms with Crippen molar-refractivity contribution in [3.05, 3.63) is 35.6 Å². The van der Waals surface area contributed by atoms with Crippen LogP contribution in [0.4, 0.5) is 4.39 Å². The number of carbonyl (C=O) groups excluding carboxylic acids is 1. The quantitative estimate of drug-likeness (QED) is 0.463. The summed E-state index contributed by atoms with van der Waals surface area (Å²) in [6.45, 7) is 0.176. The van der Waals surface area contributed by atoms with Crippen LogP contribution in [0.25, 0.3) is 0 Å². The van der Waals surface area contributed by atoms with Crippen LogP contribution < -0.4 is 0 Å². The number of halogens is 1. The first-order valence-corrected chi connectivity index (χ1v) is 3.02. The molecule has 0 atom stereocenters. The van der Waals surface area contributed by atoms with Crippen LogP contribution in [0.15, 0.2) is 23.2 Å². The number of hydrogen-bond donors (Lipinski definition) is 0. The van der Waals surface area contributed by atoms with Crippen molar-refractivity contribution in [2.45, 2.75) is 6.54 Å². The predicted octanol–water partition coefficient (Wildman–Crippen LogP) is 1.46. The summed E-state index contributed by atoms with van der Waals surface area (Å²) < 4.78 is 12.4. The fraction of sp³-hybridized carbons (Fsp3) is 0.125. The summed E-state index contributed by atoms with van der Waals surface area (Å²) in [6, 6.07) is 6.71. The third kappa shape index (κ3) is 2.32. The van der Waals surface area contributed by atoms with Crippen molar-refractivity contribution in [2.24, 2.45) is 4.99 Å². The molecule has 1 radical (unpaired) electrons. The maximum atomic E-state index is 12.4. The minimum atomic E-state index is -0.441. The molecule has 0 aliphatic rings. The summed E-state index contributed by atoms with van der Waals surface area (Å²) in [5.41, 5.74) is 0.643. The van der Waals surface area contributed by atoms with E-state index in [4.69, 9.17) is 0 Å². The van der Waals surface area contributed by atoms with Gasteiger partial charge in [-0.05, 0) is 11.6 Å². The molecule has 0 unspecified atom stereocenters. The minimum Gasteiger partial charge on any atom is -0.211 e. The number of aliphatic imine (C=N–C) groups is 1. The Morgan fingerprint density at radius 3 is 3.18 bits per heavy atom. The molecule has 1 aromatic rings. The Hall–Kier alpha value is -1.47. The second kappa shape index (κ2) is 3.64. The lowest BCUT2D eigenvalue weighted by Crippen LogP contribution is -1.82. The zero-order valence-electron chi connectivity index (χ0n) is 5.67. The van der Waals surface area contributed by atoms with Gasteiger partial charge in [-0.3, -0.25) is 0 Å². The summed E-state index contributed by atoms with van der Waals surface area (Å²) in [7, 11) is 0. The molecule has 2 nitrogen and oxygen atoms in total. The fourth-order valence-corrected chi connectivity index (χ4v) is 0.703. The molecule has 1 rings (SSSR count). The van der Waals surface area contributed by atoms with E-state index in [1.165, 1.54) is 18.2 Å². The lowest BCUT2D eigenvalue weighted by atomic mass is 10.2. The first-order valence-electron chi connectivity index (χ1n) is 3.02. The van der Waals surface area contributed by atoms with Crippen LogP contribution >= 0.6 is 0 Å². The van der Waals surface area contributed by atoms with Crippen LogP contribution in [-0.2, 0) is 11.3 Å². The molecule has 0 saturated heterocycles. The van der Waals surface area contributed by atoms with Crippen LogP contribution in [0.3, 0.4) is 0 Å². The van der Waals surface area contributed by atoms with E-state index in [0.29, 0.717) is 5.56 Å². The number of isocyanates is 1. The van der Waals surface area contributed by atoms with Gasteiger partial charge in [0.25, 0.3) is 0 Å². The Bertz CT molecular complexity index is 292. The summed E-state index contributed by atoms with van der Waals surface area (Å²) in [6.07, 6.45) is 1.38. The van der Waals surface area contributed by atoms with Gasteiger partial charge in [0.05, 0.1) is 6.54 Å². The summed E-state index contributed by atoms with van der Waals surface area (Å²) >= 11 is 0. The Morgan fingerprint density at radius 2 is 2.55 bits per heavy atom. The van der Waals surface area contributed by atoms with Crippen LogP contribution in [0.1, 0.15) is 5.56 Å². The van der Waals surface area contributed by atoms with E-state index >= 15 is 0 Å². The highest BCUT2D eigenvalue weighted by molar-refractivity contribution is 5.33. The zero-order chi connectivity index (χ0) is 8.10. The molecule has 1 aromatic carbocycles. The van der Waals surface area contributed by atoms with E-state index in [-0.39, 0.29) is 6.54 Å². The van der Waals surface area contributed by atoms with Crippen molar-refractivity contribution in [3.63, 3.8) is 0 Å². The average Bonchev–Trinajstić information content (AvgIpc) is 2.01. The highest BCUT2D eigenvalue weighted by atomic mass is 19.1. The number of rotatable bonds is 2. The zero-order valence-corrected chi connectivity index (χ0v) is 5.67. The summed E-state index contributed by atoms with van der Waals surface area (Å²) in [5.74, 6) is -0.441. The molecule has 0 amide bonds. The van der Waals surface area contributed by atoms with Crippen molar-refractivity contribution in [3.8, 4) is 0 Å². The van der Waals surface area contributed by atoms with Crippen molar-refractivity contribution in [2.75, 3.05) is 0 Å². The predicted molar refractivity (Wildman–Crippen MR) is 37.1 cm³/mol. The van der Waals surface area contributed by atoms with E-state index in [1.54, 1.807) is 6.07 Å². The van der Waals surface area contributed by atoms with Gasteiger partial charge >= 0.3 is 0 Å². The molecule has 0 heterocycles. The van der Waals surface area contributed by atoms with Gasteiger partial charge in [0.1, 0.15) is 5.82 Å². The van der Waals surface area contributed by atoms with Gasteiger partial charge < -0.3 is 0 Å². The van der Waals surface area contributed by atoms with Crippen LogP contribution in [-0.4, -0.2) is 6.08 Å². The Morgan fingerprint density at radius 1 is 1.73 bits per heavy atom. The highest BCUT2D eigenvalue weighted by Crippen LogP contribution is 2.03. The van der Waals surface area contributed by atoms with Crippen molar-refractivity contribution < 1.29 is 9.18 Å². The van der Waals surface area contributed by atoms with E-state index < -0.39 is 5.82 Å². The summed E-state index contributed by atoms with van der Waals surface area (Å²) in [4.78, 5) is 13.0. The first kappa shape index (κ1) is 7.63. The Balaban J connectivity index is 2.79. The van der Waals surface area contributed by atoms with E-state index in [2.05, 4.69) is 11.1 Å². The minimum absolute atomic E-state index is 0.176. The molecule has 11 heavy (non-hydrogen) atoms. The van der Waals surface area contributed by atoms with Crippen LogP contribution in [0.2, 0.25) is 0 Å². The molecule has 0 aromatic heterocycles. The molecule has 3 heteroatoms. The number of hydrogen-bond acceptors (Lipinski definition) is 2. The Kier molecular flexibility index (Phi) is 2.53. The molecule has 0 spiro atoms. The fourth-order valence-electron chi connectivity index (χ4n) is 0.703. The van der Waals surface area contributed by atoms with Crippen molar-refractivity contribution in [1.82, 2.24) is 0 Å². The third-order valence-corrected chi connectivity index (χ3v) is 1.16. The maximum absolute atomic E-state index is 12.4. The molecule has 0 aliphatic heterocycles. The monoisotopic (exact) mass is 150 g/mol. The molecular formula is C8H5FNO. The number of benzene rings is 1. The van der Waals surface area contributed by atoms with Gasteiger partial charge in [0, 0.05) is 6.07 Å². The topological polar surface area (TPSA) is 29.4 Å².